The molecule has 200 valence electrons. The number of phenolic OH excluding ortho intramolecular Hbond substituents is 1. The van der Waals surface area contributed by atoms with Gasteiger partial charge in [0, 0.05) is 29.7 Å². The summed E-state index contributed by atoms with van der Waals surface area (Å²) in [7, 11) is 0. The molecule has 3 heterocycles. The zero-order valence-electron chi connectivity index (χ0n) is 20.9. The number of aromatic amines is 1. The number of aromatic hydroxyl groups is 1. The first-order valence-corrected chi connectivity index (χ1v) is 13.8. The van der Waals surface area contributed by atoms with E-state index in [1.807, 2.05) is 18.2 Å². The number of halogens is 2. The molecule has 8 rings (SSSR count). The Balaban J connectivity index is 0.00000242. The Morgan fingerprint density at radius 2 is 2.05 bits per heavy atom. The Labute approximate surface area is 231 Å². The van der Waals surface area contributed by atoms with Gasteiger partial charge in [0.25, 0.3) is 5.91 Å². The van der Waals surface area contributed by atoms with E-state index in [1.165, 1.54) is 12.8 Å². The molecule has 3 fully saturated rings. The lowest BCUT2D eigenvalue weighted by Crippen LogP contribution is -2.78. The monoisotopic (exact) mass is 555 g/mol. The quantitative estimate of drug-likeness (QED) is 0.384. The van der Waals surface area contributed by atoms with Crippen molar-refractivity contribution in [3.8, 4) is 11.5 Å². The van der Waals surface area contributed by atoms with E-state index < -0.39 is 17.1 Å². The number of nitrogens with one attached hydrogen (secondary N) is 2. The minimum absolute atomic E-state index is 0. The summed E-state index contributed by atoms with van der Waals surface area (Å²) in [5.74, 6) is 1.15. The fourth-order valence-corrected chi connectivity index (χ4v) is 8.40. The van der Waals surface area contributed by atoms with Gasteiger partial charge in [-0.1, -0.05) is 29.8 Å². The van der Waals surface area contributed by atoms with Gasteiger partial charge in [0.2, 0.25) is 0 Å². The summed E-state index contributed by atoms with van der Waals surface area (Å²) in [5, 5.41) is 28.0. The molecule has 0 radical (unpaired) electrons. The first-order chi connectivity index (χ1) is 17.9. The van der Waals surface area contributed by atoms with Gasteiger partial charge in [0.15, 0.2) is 11.5 Å². The summed E-state index contributed by atoms with van der Waals surface area (Å²) in [6.45, 7) is 1.93. The number of nitrogens with zero attached hydrogens (tertiary/aromatic N) is 1. The van der Waals surface area contributed by atoms with Crippen LogP contribution in [-0.2, 0) is 11.8 Å². The predicted molar refractivity (Wildman–Crippen MR) is 147 cm³/mol. The lowest BCUT2D eigenvalue weighted by Gasteiger charge is -2.64. The normalized spacial score (nSPS) is 32.8. The first kappa shape index (κ1) is 24.6. The highest BCUT2D eigenvalue weighted by atomic mass is 35.5. The molecule has 1 amide bonds. The van der Waals surface area contributed by atoms with E-state index in [-0.39, 0.29) is 36.1 Å². The fourth-order valence-electron chi connectivity index (χ4n) is 8.18. The molecule has 5 aliphatic rings. The third kappa shape index (κ3) is 3.07. The third-order valence-electron chi connectivity index (χ3n) is 9.99. The number of piperidine rings is 1. The van der Waals surface area contributed by atoms with Gasteiger partial charge in [0.05, 0.1) is 33.2 Å². The molecular weight excluding hydrogens is 525 g/mol. The molecule has 2 saturated carbocycles. The van der Waals surface area contributed by atoms with E-state index in [2.05, 4.69) is 15.2 Å². The van der Waals surface area contributed by atoms with Crippen LogP contribution in [0.5, 0.6) is 11.5 Å². The minimum Gasteiger partial charge on any atom is -0.504 e. The number of hydrogen-bond acceptors (Lipinski definition) is 5. The van der Waals surface area contributed by atoms with Gasteiger partial charge >= 0.3 is 0 Å². The van der Waals surface area contributed by atoms with Crippen LogP contribution in [0.2, 0.25) is 5.02 Å². The SMILES string of the molecule is Cl.O=C(N[C@@H]1CC[C@@]2(O)[C@H]3Cc4ccc(O)c5c4[C@@]2(CCN3CC2CC2)[C@H]1O5)c1cccc2c(Cl)c[nH]c12. The number of ether oxygens (including phenoxy) is 1. The van der Waals surface area contributed by atoms with E-state index in [9.17, 15) is 15.0 Å². The number of likely N-dealkylation sites (tertiary alicyclic amines) is 1. The topological polar surface area (TPSA) is 97.8 Å². The van der Waals surface area contributed by atoms with Crippen LogP contribution in [0.4, 0.5) is 0 Å². The lowest BCUT2D eigenvalue weighted by molar-refractivity contribution is -0.191. The van der Waals surface area contributed by atoms with E-state index in [0.717, 1.165) is 48.4 Å². The number of carbonyl (C=O) groups excluding carboxylic acids is 1. The van der Waals surface area contributed by atoms with E-state index >= 15 is 0 Å². The van der Waals surface area contributed by atoms with Gasteiger partial charge in [-0.25, -0.2) is 0 Å². The molecule has 2 bridgehead atoms. The molecule has 1 saturated heterocycles. The number of phenols is 1. The number of carbonyl (C=O) groups is 1. The van der Waals surface area contributed by atoms with Gasteiger partial charge in [-0.05, 0) is 68.7 Å². The van der Waals surface area contributed by atoms with Crippen LogP contribution in [0.3, 0.4) is 0 Å². The summed E-state index contributed by atoms with van der Waals surface area (Å²) in [6.07, 6.45) is 6.49. The molecule has 7 nitrogen and oxygen atoms in total. The molecule has 1 aromatic heterocycles. The van der Waals surface area contributed by atoms with Crippen molar-refractivity contribution in [2.24, 2.45) is 5.92 Å². The Morgan fingerprint density at radius 3 is 2.87 bits per heavy atom. The van der Waals surface area contributed by atoms with Crippen molar-refractivity contribution in [3.05, 3.63) is 58.2 Å². The number of rotatable bonds is 4. The standard InChI is InChI=1S/C29H30ClN3O4.ClH/c30-19-13-31-24-17(19)2-1-3-18(24)27(35)32-20-8-9-29(36)22-12-16-6-7-21(34)25-23(16)28(29,26(20)37-25)10-11-33(22)14-15-4-5-15;/h1-3,6-7,13,15,20,22,26,31,34,36H,4-5,8-12,14H2,(H,32,35);1H/t20-,22-,26+,28+,29-;/m1./s1. The molecule has 38 heavy (non-hydrogen) atoms. The Morgan fingerprint density at radius 1 is 1.21 bits per heavy atom. The summed E-state index contributed by atoms with van der Waals surface area (Å²) < 4.78 is 6.57. The molecular formula is C29H31Cl2N3O4. The van der Waals surface area contributed by atoms with Crippen LogP contribution in [0.1, 0.15) is 53.6 Å². The highest BCUT2D eigenvalue weighted by Crippen LogP contribution is 2.65. The maximum Gasteiger partial charge on any atom is 0.253 e. The number of benzene rings is 2. The number of hydrogen-bond donors (Lipinski definition) is 4. The van der Waals surface area contributed by atoms with E-state index in [1.54, 1.807) is 18.3 Å². The van der Waals surface area contributed by atoms with Gasteiger partial charge in [-0.2, -0.15) is 0 Å². The van der Waals surface area contributed by atoms with Crippen molar-refractivity contribution in [2.75, 3.05) is 13.1 Å². The van der Waals surface area contributed by atoms with E-state index in [4.69, 9.17) is 16.3 Å². The van der Waals surface area contributed by atoms with Gasteiger partial charge < -0.3 is 25.3 Å². The summed E-state index contributed by atoms with van der Waals surface area (Å²) >= 11 is 6.30. The molecule has 1 spiro atoms. The summed E-state index contributed by atoms with van der Waals surface area (Å²) in [6, 6.07) is 8.96. The van der Waals surface area contributed by atoms with Crippen LogP contribution in [0, 0.1) is 5.92 Å². The van der Waals surface area contributed by atoms with Crippen LogP contribution < -0.4 is 10.1 Å². The van der Waals surface area contributed by atoms with Crippen molar-refractivity contribution >= 4 is 40.8 Å². The Kier molecular flexibility index (Phi) is 5.35. The average Bonchev–Trinajstić information content (AvgIpc) is 3.52. The van der Waals surface area contributed by atoms with Crippen molar-refractivity contribution in [3.63, 3.8) is 0 Å². The highest BCUT2D eigenvalue weighted by molar-refractivity contribution is 6.36. The van der Waals surface area contributed by atoms with Crippen LogP contribution in [-0.4, -0.2) is 62.9 Å². The highest BCUT2D eigenvalue weighted by Gasteiger charge is 2.73. The van der Waals surface area contributed by atoms with Crippen molar-refractivity contribution in [1.82, 2.24) is 15.2 Å². The predicted octanol–water partition coefficient (Wildman–Crippen LogP) is 4.31. The fraction of sp³-hybridized carbons (Fsp3) is 0.483. The Bertz CT molecular complexity index is 1470. The number of aliphatic hydroxyl groups is 1. The zero-order chi connectivity index (χ0) is 25.1. The molecule has 0 unspecified atom stereocenters. The molecule has 3 aliphatic carbocycles. The average molecular weight is 556 g/mol. The molecule has 4 N–H and O–H groups in total. The van der Waals surface area contributed by atoms with Gasteiger partial charge in [0.1, 0.15) is 6.10 Å². The Hall–Kier alpha value is -2.45. The number of H-pyrrole nitrogens is 1. The van der Waals surface area contributed by atoms with Gasteiger partial charge in [-0.3, -0.25) is 9.69 Å². The van der Waals surface area contributed by atoms with Crippen molar-refractivity contribution < 1.29 is 19.7 Å². The van der Waals surface area contributed by atoms with E-state index in [0.29, 0.717) is 34.7 Å². The lowest BCUT2D eigenvalue weighted by atomic mass is 9.48. The van der Waals surface area contributed by atoms with Gasteiger partial charge in [-0.15, -0.1) is 12.4 Å². The van der Waals surface area contributed by atoms with Crippen molar-refractivity contribution in [1.29, 1.82) is 0 Å². The second kappa shape index (κ2) is 8.28. The number of aromatic nitrogens is 1. The summed E-state index contributed by atoms with van der Waals surface area (Å²) in [4.78, 5) is 19.3. The maximum atomic E-state index is 13.6. The second-order valence-corrected chi connectivity index (χ2v) is 12.2. The first-order valence-electron chi connectivity index (χ1n) is 13.5. The largest absolute Gasteiger partial charge is 0.504 e. The van der Waals surface area contributed by atoms with Crippen molar-refractivity contribution in [2.45, 2.75) is 67.7 Å². The zero-order valence-corrected chi connectivity index (χ0v) is 22.4. The minimum atomic E-state index is -0.967. The molecule has 2 aliphatic heterocycles. The third-order valence-corrected chi connectivity index (χ3v) is 10.3. The number of amides is 1. The smallest absolute Gasteiger partial charge is 0.253 e. The van der Waals surface area contributed by atoms with Crippen LogP contribution >= 0.6 is 24.0 Å². The second-order valence-electron chi connectivity index (χ2n) is 11.8. The van der Waals surface area contributed by atoms with Crippen LogP contribution in [0.25, 0.3) is 10.9 Å². The molecule has 3 aromatic rings. The van der Waals surface area contributed by atoms with Crippen LogP contribution in [0.15, 0.2) is 36.5 Å². The number of para-hydroxylation sites is 1. The summed E-state index contributed by atoms with van der Waals surface area (Å²) in [5.41, 5.74) is 1.74. The molecule has 5 atom stereocenters. The molecule has 2 aromatic carbocycles. The maximum absolute atomic E-state index is 13.6. The molecule has 9 heteroatoms. The number of fused-ring (bicyclic) bond motifs is 1.